The van der Waals surface area contributed by atoms with Crippen molar-refractivity contribution in [3.8, 4) is 5.75 Å². The van der Waals surface area contributed by atoms with Crippen molar-refractivity contribution in [1.29, 1.82) is 0 Å². The lowest BCUT2D eigenvalue weighted by Crippen LogP contribution is -2.24. The summed E-state index contributed by atoms with van der Waals surface area (Å²) in [5, 5.41) is 15.0. The van der Waals surface area contributed by atoms with E-state index in [2.05, 4.69) is 10.3 Å². The van der Waals surface area contributed by atoms with Gasteiger partial charge in [-0.05, 0) is 54.5 Å². The van der Waals surface area contributed by atoms with E-state index in [0.717, 1.165) is 36.8 Å². The predicted octanol–water partition coefficient (Wildman–Crippen LogP) is 5.22. The number of nitrogens with one attached hydrogen (secondary N) is 1. The fourth-order valence-corrected chi connectivity index (χ4v) is 5.04. The summed E-state index contributed by atoms with van der Waals surface area (Å²) in [7, 11) is 1.40. The molecule has 7 nitrogen and oxygen atoms in total. The first-order valence-electron chi connectivity index (χ1n) is 10.4. The van der Waals surface area contributed by atoms with Crippen LogP contribution in [0, 0.1) is 10.1 Å². The number of benzene rings is 2. The van der Waals surface area contributed by atoms with Crippen LogP contribution in [0.3, 0.4) is 0 Å². The van der Waals surface area contributed by atoms with Crippen LogP contribution in [-0.2, 0) is 19.4 Å². The highest BCUT2D eigenvalue weighted by molar-refractivity contribution is 7.16. The van der Waals surface area contributed by atoms with Crippen LogP contribution in [0.5, 0.6) is 5.75 Å². The number of fused-ring (bicyclic) bond motifs is 1. The van der Waals surface area contributed by atoms with Crippen molar-refractivity contribution in [3.63, 3.8) is 0 Å². The lowest BCUT2D eigenvalue weighted by atomic mass is 9.95. The number of nitro benzene ring substituents is 1. The zero-order valence-corrected chi connectivity index (χ0v) is 18.5. The molecule has 1 N–H and O–H groups in total. The van der Waals surface area contributed by atoms with Crippen molar-refractivity contribution in [1.82, 2.24) is 5.32 Å². The largest absolute Gasteiger partial charge is 0.490 e. The number of ether oxygens (including phenoxy) is 1. The van der Waals surface area contributed by atoms with Gasteiger partial charge in [0.1, 0.15) is 5.00 Å². The van der Waals surface area contributed by atoms with Gasteiger partial charge in [-0.25, -0.2) is 4.99 Å². The van der Waals surface area contributed by atoms with Gasteiger partial charge in [0.2, 0.25) is 0 Å². The smallest absolute Gasteiger partial charge is 0.311 e. The molecule has 3 aromatic rings. The van der Waals surface area contributed by atoms with E-state index < -0.39 is 4.92 Å². The van der Waals surface area contributed by atoms with Crippen LogP contribution in [-0.4, -0.2) is 24.2 Å². The average Bonchev–Trinajstić information content (AvgIpc) is 3.20. The summed E-state index contributed by atoms with van der Waals surface area (Å²) in [5.41, 5.74) is 3.18. The minimum absolute atomic E-state index is 0.122. The summed E-state index contributed by atoms with van der Waals surface area (Å²) in [4.78, 5) is 29.7. The fourth-order valence-electron chi connectivity index (χ4n) is 3.81. The topological polar surface area (TPSA) is 93.8 Å². The van der Waals surface area contributed by atoms with E-state index in [1.807, 2.05) is 30.3 Å². The number of aryl methyl sites for hydroxylation is 1. The number of hydrogen-bond donors (Lipinski definition) is 1. The van der Waals surface area contributed by atoms with Crippen LogP contribution in [0.2, 0.25) is 0 Å². The number of thiophene rings is 1. The Morgan fingerprint density at radius 1 is 1.22 bits per heavy atom. The maximum atomic E-state index is 13.1. The second-order valence-corrected chi connectivity index (χ2v) is 8.59. The Balaban J connectivity index is 1.62. The molecule has 0 saturated carbocycles. The SMILES string of the molecule is COc1ccc(/C=N\c2sc3c(c2C(=O)NCc2ccccc2)CCCC3)cc1[N+](=O)[O-]. The quantitative estimate of drug-likeness (QED) is 0.304. The lowest BCUT2D eigenvalue weighted by molar-refractivity contribution is -0.385. The van der Waals surface area contributed by atoms with Crippen LogP contribution in [0.4, 0.5) is 10.7 Å². The van der Waals surface area contributed by atoms with Gasteiger partial charge in [-0.3, -0.25) is 14.9 Å². The number of carbonyl (C=O) groups is 1. The number of aliphatic imine (C=N–C) groups is 1. The Morgan fingerprint density at radius 2 is 2.00 bits per heavy atom. The normalized spacial score (nSPS) is 13.0. The molecule has 164 valence electrons. The number of carbonyl (C=O) groups excluding carboxylic acids is 1. The Bertz CT molecular complexity index is 1170. The van der Waals surface area contributed by atoms with Crippen LogP contribution in [0.25, 0.3) is 0 Å². The Hall–Kier alpha value is -3.52. The van der Waals surface area contributed by atoms with Gasteiger partial charge < -0.3 is 10.1 Å². The number of amides is 1. The molecule has 32 heavy (non-hydrogen) atoms. The minimum Gasteiger partial charge on any atom is -0.490 e. The molecule has 0 atom stereocenters. The van der Waals surface area contributed by atoms with E-state index in [0.29, 0.717) is 22.7 Å². The first-order chi connectivity index (χ1) is 15.6. The molecule has 0 unspecified atom stereocenters. The van der Waals surface area contributed by atoms with Gasteiger partial charge in [0.05, 0.1) is 17.6 Å². The standard InChI is InChI=1S/C24H23N3O4S/c1-31-20-12-11-17(13-19(20)27(29)30)15-26-24-22(18-9-5-6-10-21(18)32-24)23(28)25-14-16-7-3-2-4-8-16/h2-4,7-8,11-13,15H,5-6,9-10,14H2,1H3,(H,25,28)/b26-15-. The van der Waals surface area contributed by atoms with E-state index in [1.54, 1.807) is 18.3 Å². The summed E-state index contributed by atoms with van der Waals surface area (Å²) in [6.45, 7) is 0.443. The van der Waals surface area contributed by atoms with Gasteiger partial charge in [0.15, 0.2) is 5.75 Å². The molecule has 0 spiro atoms. The highest BCUT2D eigenvalue weighted by atomic mass is 32.1. The Kier molecular flexibility index (Phi) is 6.61. The minimum atomic E-state index is -0.484. The summed E-state index contributed by atoms with van der Waals surface area (Å²) < 4.78 is 5.06. The Morgan fingerprint density at radius 3 is 2.75 bits per heavy atom. The third kappa shape index (κ3) is 4.70. The van der Waals surface area contributed by atoms with Crippen molar-refractivity contribution >= 4 is 34.1 Å². The summed E-state index contributed by atoms with van der Waals surface area (Å²) in [5.74, 6) is 0.0563. The third-order valence-electron chi connectivity index (χ3n) is 5.41. The van der Waals surface area contributed by atoms with E-state index in [1.165, 1.54) is 29.4 Å². The number of hydrogen-bond acceptors (Lipinski definition) is 6. The fraction of sp³-hybridized carbons (Fsp3) is 0.250. The molecule has 0 radical (unpaired) electrons. The molecule has 1 heterocycles. The highest BCUT2D eigenvalue weighted by Crippen LogP contribution is 2.40. The van der Waals surface area contributed by atoms with E-state index in [-0.39, 0.29) is 17.3 Å². The van der Waals surface area contributed by atoms with Crippen molar-refractivity contribution in [2.45, 2.75) is 32.2 Å². The molecule has 0 saturated heterocycles. The van der Waals surface area contributed by atoms with Gasteiger partial charge in [0.25, 0.3) is 5.91 Å². The average molecular weight is 450 g/mol. The van der Waals surface area contributed by atoms with Gasteiger partial charge in [-0.15, -0.1) is 11.3 Å². The van der Waals surface area contributed by atoms with Crippen LogP contribution >= 0.6 is 11.3 Å². The maximum absolute atomic E-state index is 13.1. The van der Waals surface area contributed by atoms with Gasteiger partial charge in [-0.1, -0.05) is 30.3 Å². The van der Waals surface area contributed by atoms with Crippen molar-refractivity contribution in [3.05, 3.63) is 85.8 Å². The molecule has 1 amide bonds. The molecular weight excluding hydrogens is 426 g/mol. The summed E-state index contributed by atoms with van der Waals surface area (Å²) >= 11 is 1.53. The summed E-state index contributed by atoms with van der Waals surface area (Å²) in [6, 6.07) is 14.4. The molecule has 1 aliphatic rings. The van der Waals surface area contributed by atoms with E-state index in [9.17, 15) is 14.9 Å². The molecule has 0 fully saturated rings. The number of nitrogens with zero attached hydrogens (tertiary/aromatic N) is 2. The maximum Gasteiger partial charge on any atom is 0.311 e. The zero-order chi connectivity index (χ0) is 22.5. The second-order valence-electron chi connectivity index (χ2n) is 7.51. The van der Waals surface area contributed by atoms with Gasteiger partial charge >= 0.3 is 5.69 Å². The van der Waals surface area contributed by atoms with Crippen LogP contribution < -0.4 is 10.1 Å². The van der Waals surface area contributed by atoms with Crippen molar-refractivity contribution < 1.29 is 14.5 Å². The molecule has 2 aromatic carbocycles. The zero-order valence-electron chi connectivity index (χ0n) is 17.7. The monoisotopic (exact) mass is 449 g/mol. The number of methoxy groups -OCH3 is 1. The Labute approximate surface area is 189 Å². The van der Waals surface area contributed by atoms with Gasteiger partial charge in [-0.2, -0.15) is 0 Å². The molecule has 1 aromatic heterocycles. The third-order valence-corrected chi connectivity index (χ3v) is 6.61. The second kappa shape index (κ2) is 9.74. The van der Waals surface area contributed by atoms with E-state index >= 15 is 0 Å². The first-order valence-corrected chi connectivity index (χ1v) is 11.2. The molecule has 4 rings (SSSR count). The predicted molar refractivity (Wildman–Crippen MR) is 125 cm³/mol. The van der Waals surface area contributed by atoms with E-state index in [4.69, 9.17) is 4.74 Å². The molecular formula is C24H23N3O4S. The summed E-state index contributed by atoms with van der Waals surface area (Å²) in [6.07, 6.45) is 5.53. The van der Waals surface area contributed by atoms with Gasteiger partial charge in [0, 0.05) is 23.7 Å². The highest BCUT2D eigenvalue weighted by Gasteiger charge is 2.25. The number of nitro groups is 1. The van der Waals surface area contributed by atoms with Crippen molar-refractivity contribution in [2.75, 3.05) is 7.11 Å². The molecule has 8 heteroatoms. The van der Waals surface area contributed by atoms with Crippen molar-refractivity contribution in [2.24, 2.45) is 4.99 Å². The number of rotatable bonds is 7. The van der Waals surface area contributed by atoms with Crippen LogP contribution in [0.15, 0.2) is 53.5 Å². The first kappa shape index (κ1) is 21.7. The molecule has 0 aliphatic heterocycles. The lowest BCUT2D eigenvalue weighted by Gasteiger charge is -2.12. The molecule has 0 bridgehead atoms. The van der Waals surface area contributed by atoms with Crippen LogP contribution in [0.1, 0.15) is 44.8 Å². The molecule has 1 aliphatic carbocycles.